The van der Waals surface area contributed by atoms with Crippen molar-refractivity contribution in [3.63, 3.8) is 0 Å². The van der Waals surface area contributed by atoms with Crippen LogP contribution in [0.2, 0.25) is 0 Å². The minimum Gasteiger partial charge on any atom is -0.489 e. The second-order valence-corrected chi connectivity index (χ2v) is 6.36. The molecule has 0 saturated carbocycles. The molecule has 0 aliphatic heterocycles. The van der Waals surface area contributed by atoms with Gasteiger partial charge in [-0.3, -0.25) is 4.79 Å². The maximum Gasteiger partial charge on any atom is 0.270 e. The molecule has 29 heavy (non-hydrogen) atoms. The number of aromatic nitrogens is 2. The molecule has 7 heteroatoms. The van der Waals surface area contributed by atoms with E-state index in [1.54, 1.807) is 20.1 Å². The molecule has 2 aromatic carbocycles. The number of aryl methyl sites for hydroxylation is 1. The molecule has 1 aromatic heterocycles. The van der Waals surface area contributed by atoms with Gasteiger partial charge in [0.05, 0.1) is 6.61 Å². The van der Waals surface area contributed by atoms with Crippen LogP contribution in [0.25, 0.3) is 0 Å². The Labute approximate surface area is 170 Å². The van der Waals surface area contributed by atoms with Gasteiger partial charge in [0.1, 0.15) is 29.7 Å². The summed E-state index contributed by atoms with van der Waals surface area (Å²) in [6.07, 6.45) is 0. The van der Waals surface area contributed by atoms with Crippen LogP contribution in [0.4, 0.5) is 11.5 Å². The zero-order chi connectivity index (χ0) is 20.5. The Kier molecular flexibility index (Phi) is 7.13. The SMILES string of the molecule is COCCNC(=O)c1cc(Nc2ccc(OCc3ccccc3)cc2)nc(C)n1. The Morgan fingerprint density at radius 3 is 2.52 bits per heavy atom. The average Bonchev–Trinajstić information content (AvgIpc) is 2.74. The van der Waals surface area contributed by atoms with E-state index < -0.39 is 0 Å². The van der Waals surface area contributed by atoms with Crippen molar-refractivity contribution in [1.29, 1.82) is 0 Å². The highest BCUT2D eigenvalue weighted by Crippen LogP contribution is 2.20. The summed E-state index contributed by atoms with van der Waals surface area (Å²) in [5, 5.41) is 5.95. The molecule has 1 amide bonds. The van der Waals surface area contributed by atoms with E-state index in [1.165, 1.54) is 0 Å². The number of benzene rings is 2. The standard InChI is InChI=1S/C22H24N4O3/c1-16-24-20(22(27)23-12-13-28-2)14-21(25-16)26-18-8-10-19(11-9-18)29-15-17-6-4-3-5-7-17/h3-11,14H,12-13,15H2,1-2H3,(H,23,27)(H,24,25,26). The number of nitrogens with one attached hydrogen (secondary N) is 2. The molecule has 0 unspecified atom stereocenters. The fraction of sp³-hybridized carbons (Fsp3) is 0.227. The lowest BCUT2D eigenvalue weighted by Crippen LogP contribution is -2.28. The van der Waals surface area contributed by atoms with E-state index in [2.05, 4.69) is 20.6 Å². The number of hydrogen-bond acceptors (Lipinski definition) is 6. The quantitative estimate of drug-likeness (QED) is 0.542. The molecule has 1 heterocycles. The number of nitrogens with zero attached hydrogens (tertiary/aromatic N) is 2. The number of ether oxygens (including phenoxy) is 2. The summed E-state index contributed by atoms with van der Waals surface area (Å²) in [6.45, 7) is 3.13. The van der Waals surface area contributed by atoms with Gasteiger partial charge in [0, 0.05) is 25.4 Å². The largest absolute Gasteiger partial charge is 0.489 e. The Morgan fingerprint density at radius 2 is 1.79 bits per heavy atom. The number of carbonyl (C=O) groups excluding carboxylic acids is 1. The third kappa shape index (κ3) is 6.29. The summed E-state index contributed by atoms with van der Waals surface area (Å²) in [5.74, 6) is 1.57. The Bertz CT molecular complexity index is 931. The normalized spacial score (nSPS) is 10.4. The van der Waals surface area contributed by atoms with Crippen LogP contribution in [0.1, 0.15) is 21.9 Å². The predicted molar refractivity (Wildman–Crippen MR) is 111 cm³/mol. The lowest BCUT2D eigenvalue weighted by molar-refractivity contribution is 0.0931. The van der Waals surface area contributed by atoms with Crippen molar-refractivity contribution in [2.75, 3.05) is 25.6 Å². The molecule has 150 valence electrons. The second kappa shape index (κ2) is 10.2. The summed E-state index contributed by atoms with van der Waals surface area (Å²) < 4.78 is 10.7. The van der Waals surface area contributed by atoms with E-state index in [1.807, 2.05) is 54.6 Å². The van der Waals surface area contributed by atoms with Crippen molar-refractivity contribution >= 4 is 17.4 Å². The van der Waals surface area contributed by atoms with E-state index in [0.717, 1.165) is 17.0 Å². The molecule has 0 aliphatic rings. The molecule has 0 spiro atoms. The van der Waals surface area contributed by atoms with Crippen molar-refractivity contribution in [2.45, 2.75) is 13.5 Å². The number of amides is 1. The monoisotopic (exact) mass is 392 g/mol. The average molecular weight is 392 g/mol. The van der Waals surface area contributed by atoms with Crippen LogP contribution < -0.4 is 15.4 Å². The minimum atomic E-state index is -0.264. The van der Waals surface area contributed by atoms with E-state index in [9.17, 15) is 4.79 Å². The number of rotatable bonds is 9. The Morgan fingerprint density at radius 1 is 1.03 bits per heavy atom. The number of methoxy groups -OCH3 is 1. The van der Waals surface area contributed by atoms with Crippen molar-refractivity contribution in [3.05, 3.63) is 77.7 Å². The van der Waals surface area contributed by atoms with Crippen molar-refractivity contribution in [2.24, 2.45) is 0 Å². The summed E-state index contributed by atoms with van der Waals surface area (Å²) in [5.41, 5.74) is 2.25. The van der Waals surface area contributed by atoms with Gasteiger partial charge in [-0.2, -0.15) is 0 Å². The summed E-state index contributed by atoms with van der Waals surface area (Å²) in [7, 11) is 1.58. The topological polar surface area (TPSA) is 85.4 Å². The molecule has 0 radical (unpaired) electrons. The first-order valence-electron chi connectivity index (χ1n) is 9.30. The van der Waals surface area contributed by atoms with Crippen molar-refractivity contribution in [3.8, 4) is 5.75 Å². The van der Waals surface area contributed by atoms with Gasteiger partial charge in [-0.25, -0.2) is 9.97 Å². The Balaban J connectivity index is 1.61. The molecule has 7 nitrogen and oxygen atoms in total. The number of anilines is 2. The lowest BCUT2D eigenvalue weighted by atomic mass is 10.2. The van der Waals surface area contributed by atoms with Gasteiger partial charge in [0.25, 0.3) is 5.91 Å². The number of hydrogen-bond donors (Lipinski definition) is 2. The third-order valence-electron chi connectivity index (χ3n) is 4.04. The van der Waals surface area contributed by atoms with Gasteiger partial charge in [0.2, 0.25) is 0 Å². The predicted octanol–water partition coefficient (Wildman–Crippen LogP) is 3.48. The Hall–Kier alpha value is -3.45. The van der Waals surface area contributed by atoms with E-state index in [4.69, 9.17) is 9.47 Å². The second-order valence-electron chi connectivity index (χ2n) is 6.36. The summed E-state index contributed by atoms with van der Waals surface area (Å²) >= 11 is 0. The highest BCUT2D eigenvalue weighted by molar-refractivity contribution is 5.93. The van der Waals surface area contributed by atoms with Gasteiger partial charge in [0.15, 0.2) is 0 Å². The molecule has 0 bridgehead atoms. The van der Waals surface area contributed by atoms with Crippen LogP contribution in [-0.4, -0.2) is 36.1 Å². The first-order chi connectivity index (χ1) is 14.1. The molecule has 0 atom stereocenters. The molecule has 0 fully saturated rings. The van der Waals surface area contributed by atoms with Crippen LogP contribution in [-0.2, 0) is 11.3 Å². The van der Waals surface area contributed by atoms with Crippen LogP contribution in [0.15, 0.2) is 60.7 Å². The van der Waals surface area contributed by atoms with Gasteiger partial charge < -0.3 is 20.1 Å². The third-order valence-corrected chi connectivity index (χ3v) is 4.04. The van der Waals surface area contributed by atoms with Crippen LogP contribution in [0, 0.1) is 6.92 Å². The molecule has 0 saturated heterocycles. The minimum absolute atomic E-state index is 0.264. The molecule has 3 aromatic rings. The van der Waals surface area contributed by atoms with Gasteiger partial charge >= 0.3 is 0 Å². The van der Waals surface area contributed by atoms with Gasteiger partial charge in [-0.1, -0.05) is 30.3 Å². The molecule has 2 N–H and O–H groups in total. The van der Waals surface area contributed by atoms with Crippen LogP contribution in [0.5, 0.6) is 5.75 Å². The zero-order valence-corrected chi connectivity index (χ0v) is 16.5. The summed E-state index contributed by atoms with van der Waals surface area (Å²) in [4.78, 5) is 20.8. The summed E-state index contributed by atoms with van der Waals surface area (Å²) in [6, 6.07) is 19.2. The zero-order valence-electron chi connectivity index (χ0n) is 16.5. The van der Waals surface area contributed by atoms with Crippen molar-refractivity contribution in [1.82, 2.24) is 15.3 Å². The highest BCUT2D eigenvalue weighted by Gasteiger charge is 2.10. The van der Waals surface area contributed by atoms with Crippen LogP contribution >= 0.6 is 0 Å². The van der Waals surface area contributed by atoms with Gasteiger partial charge in [-0.05, 0) is 36.8 Å². The van der Waals surface area contributed by atoms with Crippen molar-refractivity contribution < 1.29 is 14.3 Å². The first-order valence-corrected chi connectivity index (χ1v) is 9.30. The molecular formula is C22H24N4O3. The molecular weight excluding hydrogens is 368 g/mol. The fourth-order valence-electron chi connectivity index (χ4n) is 2.63. The maximum atomic E-state index is 12.2. The fourth-order valence-corrected chi connectivity index (χ4v) is 2.63. The van der Waals surface area contributed by atoms with E-state index in [0.29, 0.717) is 37.1 Å². The highest BCUT2D eigenvalue weighted by atomic mass is 16.5. The van der Waals surface area contributed by atoms with E-state index >= 15 is 0 Å². The number of carbonyl (C=O) groups is 1. The van der Waals surface area contributed by atoms with Crippen LogP contribution in [0.3, 0.4) is 0 Å². The van der Waals surface area contributed by atoms with Gasteiger partial charge in [-0.15, -0.1) is 0 Å². The molecule has 0 aliphatic carbocycles. The van der Waals surface area contributed by atoms with E-state index in [-0.39, 0.29) is 5.91 Å². The lowest BCUT2D eigenvalue weighted by Gasteiger charge is -2.10. The first kappa shape index (κ1) is 20.3. The molecule has 3 rings (SSSR count). The maximum absolute atomic E-state index is 12.2. The smallest absolute Gasteiger partial charge is 0.270 e.